The van der Waals surface area contributed by atoms with Gasteiger partial charge in [0.2, 0.25) is 5.88 Å². The van der Waals surface area contributed by atoms with Crippen LogP contribution in [0.5, 0.6) is 5.88 Å². The van der Waals surface area contributed by atoms with Gasteiger partial charge in [0.25, 0.3) is 5.56 Å². The average molecular weight is 354 g/mol. The summed E-state index contributed by atoms with van der Waals surface area (Å²) in [7, 11) is 1.58. The van der Waals surface area contributed by atoms with Gasteiger partial charge in [0.15, 0.2) is 0 Å². The highest BCUT2D eigenvalue weighted by molar-refractivity contribution is 5.45. The monoisotopic (exact) mass is 354 g/mol. The van der Waals surface area contributed by atoms with Crippen molar-refractivity contribution in [1.29, 1.82) is 0 Å². The highest BCUT2D eigenvalue weighted by atomic mass is 16.5. The van der Waals surface area contributed by atoms with E-state index in [4.69, 9.17) is 9.47 Å². The third-order valence-corrected chi connectivity index (χ3v) is 4.97. The molecule has 0 spiro atoms. The van der Waals surface area contributed by atoms with Crippen LogP contribution in [-0.4, -0.2) is 39.3 Å². The van der Waals surface area contributed by atoms with Crippen LogP contribution in [0.1, 0.15) is 35.8 Å². The Balaban J connectivity index is 1.71. The second-order valence-electron chi connectivity index (χ2n) is 6.63. The summed E-state index contributed by atoms with van der Waals surface area (Å²) in [6.07, 6.45) is 7.32. The Hall–Kier alpha value is -2.67. The van der Waals surface area contributed by atoms with Crippen LogP contribution < -0.4 is 10.3 Å². The fourth-order valence-corrected chi connectivity index (χ4v) is 3.49. The van der Waals surface area contributed by atoms with E-state index in [-0.39, 0.29) is 5.56 Å². The van der Waals surface area contributed by atoms with E-state index >= 15 is 0 Å². The van der Waals surface area contributed by atoms with Crippen LogP contribution in [0.15, 0.2) is 35.5 Å². The van der Waals surface area contributed by atoms with Crippen molar-refractivity contribution in [3.05, 3.63) is 58.2 Å². The van der Waals surface area contributed by atoms with Gasteiger partial charge in [0, 0.05) is 43.3 Å². The molecule has 3 aromatic rings. The molecule has 0 amide bonds. The Morgan fingerprint density at radius 3 is 2.73 bits per heavy atom. The van der Waals surface area contributed by atoms with Gasteiger partial charge in [-0.3, -0.25) is 9.20 Å². The van der Waals surface area contributed by atoms with E-state index in [2.05, 4.69) is 9.97 Å². The molecule has 0 bridgehead atoms. The number of rotatable bonds is 4. The van der Waals surface area contributed by atoms with E-state index in [0.717, 1.165) is 43.1 Å². The molecule has 1 fully saturated rings. The Kier molecular flexibility index (Phi) is 4.46. The number of ether oxygens (including phenoxy) is 2. The van der Waals surface area contributed by atoms with Crippen LogP contribution in [-0.2, 0) is 11.3 Å². The van der Waals surface area contributed by atoms with Crippen molar-refractivity contribution in [3.63, 3.8) is 0 Å². The second-order valence-corrected chi connectivity index (χ2v) is 6.63. The molecule has 0 atom stereocenters. The average Bonchev–Trinajstić information content (AvgIpc) is 3.10. The van der Waals surface area contributed by atoms with E-state index < -0.39 is 0 Å². The molecule has 1 aliphatic heterocycles. The molecule has 4 heterocycles. The zero-order valence-corrected chi connectivity index (χ0v) is 15.0. The summed E-state index contributed by atoms with van der Waals surface area (Å²) in [5, 5.41) is 0. The molecule has 0 aromatic carbocycles. The molecule has 3 aromatic heterocycles. The summed E-state index contributed by atoms with van der Waals surface area (Å²) < 4.78 is 14.2. The van der Waals surface area contributed by atoms with Gasteiger partial charge in [-0.1, -0.05) is 6.07 Å². The minimum Gasteiger partial charge on any atom is -0.481 e. The molecule has 0 N–H and O–H groups in total. The second kappa shape index (κ2) is 6.92. The maximum atomic E-state index is 13.0. The van der Waals surface area contributed by atoms with Crippen molar-refractivity contribution in [3.8, 4) is 5.88 Å². The summed E-state index contributed by atoms with van der Waals surface area (Å²) in [5.41, 5.74) is 2.42. The smallest absolute Gasteiger partial charge is 0.276 e. The molecule has 0 aliphatic carbocycles. The van der Waals surface area contributed by atoms with Gasteiger partial charge in [-0.2, -0.15) is 0 Å². The predicted molar refractivity (Wildman–Crippen MR) is 96.9 cm³/mol. The van der Waals surface area contributed by atoms with E-state index in [0.29, 0.717) is 23.9 Å². The first-order chi connectivity index (χ1) is 12.7. The highest BCUT2D eigenvalue weighted by Crippen LogP contribution is 2.26. The Labute approximate surface area is 151 Å². The number of methoxy groups -OCH3 is 1. The van der Waals surface area contributed by atoms with Gasteiger partial charge in [-0.15, -0.1) is 0 Å². The van der Waals surface area contributed by atoms with Crippen molar-refractivity contribution >= 4 is 5.52 Å². The summed E-state index contributed by atoms with van der Waals surface area (Å²) in [5.74, 6) is 1.86. The van der Waals surface area contributed by atoms with Crippen molar-refractivity contribution < 1.29 is 9.47 Å². The number of pyridine rings is 1. The third kappa shape index (κ3) is 2.99. The molecule has 0 saturated carbocycles. The molecule has 1 aliphatic rings. The van der Waals surface area contributed by atoms with Gasteiger partial charge in [-0.05, 0) is 25.3 Å². The third-order valence-electron chi connectivity index (χ3n) is 4.97. The summed E-state index contributed by atoms with van der Waals surface area (Å²) in [4.78, 5) is 21.8. The van der Waals surface area contributed by atoms with Gasteiger partial charge in [0.05, 0.1) is 19.9 Å². The van der Waals surface area contributed by atoms with Gasteiger partial charge >= 0.3 is 0 Å². The molecule has 7 heteroatoms. The Morgan fingerprint density at radius 2 is 2.04 bits per heavy atom. The lowest BCUT2D eigenvalue weighted by molar-refractivity contribution is 0.0835. The van der Waals surface area contributed by atoms with Gasteiger partial charge in [-0.25, -0.2) is 9.97 Å². The highest BCUT2D eigenvalue weighted by Gasteiger charge is 2.22. The van der Waals surface area contributed by atoms with Crippen molar-refractivity contribution in [2.24, 2.45) is 0 Å². The van der Waals surface area contributed by atoms with Crippen LogP contribution in [0, 0.1) is 6.92 Å². The normalized spacial score (nSPS) is 15.5. The molecular formula is C19H22N4O3. The van der Waals surface area contributed by atoms with Crippen LogP contribution in [0.25, 0.3) is 5.52 Å². The fourth-order valence-electron chi connectivity index (χ4n) is 3.49. The minimum atomic E-state index is -0.0355. The molecule has 7 nitrogen and oxygen atoms in total. The Morgan fingerprint density at radius 1 is 1.23 bits per heavy atom. The minimum absolute atomic E-state index is 0.0355. The lowest BCUT2D eigenvalue weighted by Gasteiger charge is -2.21. The van der Waals surface area contributed by atoms with Gasteiger partial charge < -0.3 is 14.0 Å². The topological polar surface area (TPSA) is 70.7 Å². The molecule has 0 radical (unpaired) electrons. The van der Waals surface area contributed by atoms with Crippen molar-refractivity contribution in [2.45, 2.75) is 32.2 Å². The van der Waals surface area contributed by atoms with Crippen LogP contribution in [0.4, 0.5) is 0 Å². The number of imidazole rings is 1. The van der Waals surface area contributed by atoms with Crippen molar-refractivity contribution in [1.82, 2.24) is 18.9 Å². The zero-order valence-electron chi connectivity index (χ0n) is 15.0. The molecular weight excluding hydrogens is 332 g/mol. The number of nitrogens with zero attached hydrogens (tertiary/aromatic N) is 4. The van der Waals surface area contributed by atoms with E-state index in [9.17, 15) is 4.79 Å². The van der Waals surface area contributed by atoms with Crippen LogP contribution >= 0.6 is 0 Å². The van der Waals surface area contributed by atoms with Gasteiger partial charge in [0.1, 0.15) is 11.3 Å². The van der Waals surface area contributed by atoms with E-state index in [1.54, 1.807) is 30.1 Å². The first-order valence-electron chi connectivity index (χ1n) is 8.81. The number of fused-ring (bicyclic) bond motifs is 1. The standard InChI is InChI=1S/C19H22N4O3/c1-13-11-23-16(10-21-18(23)15-5-7-26-8-6-15)19(24)22(13)12-14-3-4-17(25-2)20-9-14/h3-4,9-11,15H,5-8,12H2,1-2H3. The maximum absolute atomic E-state index is 13.0. The lowest BCUT2D eigenvalue weighted by Crippen LogP contribution is -2.25. The first-order valence-corrected chi connectivity index (χ1v) is 8.81. The molecule has 0 unspecified atom stereocenters. The van der Waals surface area contributed by atoms with E-state index in [1.807, 2.05) is 23.6 Å². The summed E-state index contributed by atoms with van der Waals surface area (Å²) >= 11 is 0. The first kappa shape index (κ1) is 16.8. The Bertz CT molecular complexity index is 969. The molecule has 136 valence electrons. The number of hydrogen-bond acceptors (Lipinski definition) is 5. The largest absolute Gasteiger partial charge is 0.481 e. The maximum Gasteiger partial charge on any atom is 0.276 e. The summed E-state index contributed by atoms with van der Waals surface area (Å²) in [6, 6.07) is 3.72. The number of aryl methyl sites for hydroxylation is 1. The zero-order chi connectivity index (χ0) is 18.1. The SMILES string of the molecule is COc1ccc(Cn2c(C)cn3c(C4CCOCC4)ncc3c2=O)cn1. The molecule has 1 saturated heterocycles. The van der Waals surface area contributed by atoms with E-state index in [1.165, 1.54) is 0 Å². The fraction of sp³-hybridized carbons (Fsp3) is 0.421. The van der Waals surface area contributed by atoms with Crippen LogP contribution in [0.3, 0.4) is 0 Å². The lowest BCUT2D eigenvalue weighted by atomic mass is 10.00. The van der Waals surface area contributed by atoms with Crippen molar-refractivity contribution in [2.75, 3.05) is 20.3 Å². The molecule has 26 heavy (non-hydrogen) atoms. The molecule has 4 rings (SSSR count). The predicted octanol–water partition coefficient (Wildman–Crippen LogP) is 2.15. The number of hydrogen-bond donors (Lipinski definition) is 0. The summed E-state index contributed by atoms with van der Waals surface area (Å²) in [6.45, 7) is 3.92. The van der Waals surface area contributed by atoms with Crippen LogP contribution in [0.2, 0.25) is 0 Å². The quantitative estimate of drug-likeness (QED) is 0.718. The number of aromatic nitrogens is 4.